The first kappa shape index (κ1) is 26.8. The van der Waals surface area contributed by atoms with E-state index in [9.17, 15) is 18.0 Å². The van der Waals surface area contributed by atoms with E-state index in [0.717, 1.165) is 44.1 Å². The summed E-state index contributed by atoms with van der Waals surface area (Å²) in [4.78, 5) is 11.1. The molecule has 0 bridgehead atoms. The topological polar surface area (TPSA) is 58.6 Å². The predicted octanol–water partition coefficient (Wildman–Crippen LogP) is 7.75. The van der Waals surface area contributed by atoms with Crippen LogP contribution in [0.5, 0.6) is 5.75 Å². The van der Waals surface area contributed by atoms with Gasteiger partial charge < -0.3 is 15.2 Å². The second kappa shape index (κ2) is 10.2. The summed E-state index contributed by atoms with van der Waals surface area (Å²) < 4.78 is 49.1. The maximum atomic E-state index is 14.4. The average Bonchev–Trinajstić information content (AvgIpc) is 2.82. The summed E-state index contributed by atoms with van der Waals surface area (Å²) in [6, 6.07) is 8.35. The average molecular weight is 506 g/mol. The first-order chi connectivity index (χ1) is 16.9. The Morgan fingerprint density at radius 3 is 2.42 bits per heavy atom. The molecule has 2 N–H and O–H groups in total. The SMILES string of the molecule is CCC1CCC(Oc2ccc3ccc([C@H](C)N[C@H]4C[C@@H](CC(=O)O)C4(C)C)cc3c2C(F)(F)F)CC1. The molecule has 0 heterocycles. The van der Waals surface area contributed by atoms with Crippen molar-refractivity contribution in [2.75, 3.05) is 0 Å². The maximum Gasteiger partial charge on any atom is 0.420 e. The summed E-state index contributed by atoms with van der Waals surface area (Å²) in [5.41, 5.74) is -0.124. The molecule has 2 aromatic carbocycles. The van der Waals surface area contributed by atoms with Crippen molar-refractivity contribution in [3.05, 3.63) is 41.5 Å². The van der Waals surface area contributed by atoms with Crippen molar-refractivity contribution in [1.29, 1.82) is 0 Å². The van der Waals surface area contributed by atoms with Crippen molar-refractivity contribution in [2.45, 2.75) is 97.0 Å². The highest BCUT2D eigenvalue weighted by atomic mass is 19.4. The molecular formula is C29H38F3NO3. The minimum atomic E-state index is -4.54. The van der Waals surface area contributed by atoms with Crippen molar-refractivity contribution in [3.8, 4) is 5.75 Å². The van der Waals surface area contributed by atoms with Gasteiger partial charge in [-0.25, -0.2) is 0 Å². The molecule has 0 unspecified atom stereocenters. The minimum Gasteiger partial charge on any atom is -0.490 e. The molecule has 7 heteroatoms. The molecule has 2 fully saturated rings. The van der Waals surface area contributed by atoms with Crippen molar-refractivity contribution >= 4 is 16.7 Å². The molecule has 0 saturated heterocycles. The largest absolute Gasteiger partial charge is 0.490 e. The number of hydrogen-bond acceptors (Lipinski definition) is 3. The molecule has 4 rings (SSSR count). The second-order valence-corrected chi connectivity index (χ2v) is 11.4. The van der Waals surface area contributed by atoms with Crippen LogP contribution in [0.25, 0.3) is 10.8 Å². The molecule has 2 saturated carbocycles. The van der Waals surface area contributed by atoms with Crippen molar-refractivity contribution in [3.63, 3.8) is 0 Å². The molecule has 0 aromatic heterocycles. The van der Waals surface area contributed by atoms with Crippen LogP contribution in [0.15, 0.2) is 30.3 Å². The van der Waals surface area contributed by atoms with E-state index in [1.807, 2.05) is 26.8 Å². The fourth-order valence-corrected chi connectivity index (χ4v) is 6.07. The Morgan fingerprint density at radius 1 is 1.17 bits per heavy atom. The molecule has 0 aliphatic heterocycles. The molecule has 0 radical (unpaired) electrons. The Balaban J connectivity index is 1.57. The van der Waals surface area contributed by atoms with Gasteiger partial charge in [0.2, 0.25) is 0 Å². The highest BCUT2D eigenvalue weighted by molar-refractivity contribution is 5.89. The number of fused-ring (bicyclic) bond motifs is 1. The minimum absolute atomic E-state index is 0.0793. The zero-order valence-corrected chi connectivity index (χ0v) is 21.6. The number of alkyl halides is 3. The molecule has 2 aliphatic carbocycles. The van der Waals surface area contributed by atoms with Crippen molar-refractivity contribution in [1.82, 2.24) is 5.32 Å². The monoisotopic (exact) mass is 505 g/mol. The number of ether oxygens (including phenoxy) is 1. The van der Waals surface area contributed by atoms with Crippen LogP contribution in [0.2, 0.25) is 0 Å². The van der Waals surface area contributed by atoms with E-state index in [4.69, 9.17) is 9.84 Å². The van der Waals surface area contributed by atoms with Crippen LogP contribution in [0.1, 0.15) is 89.8 Å². The van der Waals surface area contributed by atoms with Crippen LogP contribution in [-0.2, 0) is 11.0 Å². The number of benzene rings is 2. The number of nitrogens with one attached hydrogen (secondary N) is 1. The standard InChI is InChI=1S/C29H38F3NO3/c1-5-18-6-11-22(12-7-18)36-24-13-10-19-8-9-20(14-23(19)27(24)29(30,31)32)17(2)33-25-15-21(16-26(34)35)28(25,3)4/h8-10,13-14,17-18,21-22,25,33H,5-7,11-12,15-16H2,1-4H3,(H,34,35)/t17-,18?,21-,22?,25-/m0/s1. The number of carbonyl (C=O) groups is 1. The third-order valence-electron chi connectivity index (χ3n) is 8.80. The van der Waals surface area contributed by atoms with E-state index in [2.05, 4.69) is 12.2 Å². The predicted molar refractivity (Wildman–Crippen MR) is 135 cm³/mol. The van der Waals surface area contributed by atoms with Crippen molar-refractivity contribution < 1.29 is 27.8 Å². The Labute approximate surface area is 211 Å². The van der Waals surface area contributed by atoms with Crippen LogP contribution in [0.3, 0.4) is 0 Å². The fraction of sp³-hybridized carbons (Fsp3) is 0.621. The summed E-state index contributed by atoms with van der Waals surface area (Å²) >= 11 is 0. The van der Waals surface area contributed by atoms with Gasteiger partial charge in [0.1, 0.15) is 11.3 Å². The van der Waals surface area contributed by atoms with Gasteiger partial charge >= 0.3 is 12.1 Å². The number of rotatable bonds is 8. The first-order valence-corrected chi connectivity index (χ1v) is 13.2. The van der Waals surface area contributed by atoms with Crippen molar-refractivity contribution in [2.24, 2.45) is 17.3 Å². The van der Waals surface area contributed by atoms with Gasteiger partial charge in [-0.2, -0.15) is 13.2 Å². The Morgan fingerprint density at radius 2 is 1.83 bits per heavy atom. The van der Waals surface area contributed by atoms with E-state index in [-0.39, 0.29) is 47.1 Å². The molecular weight excluding hydrogens is 467 g/mol. The summed E-state index contributed by atoms with van der Waals surface area (Å²) in [6.07, 6.45) is 0.812. The van der Waals surface area contributed by atoms with E-state index in [1.54, 1.807) is 18.2 Å². The summed E-state index contributed by atoms with van der Waals surface area (Å²) in [6.45, 7) is 8.20. The van der Waals surface area contributed by atoms with Gasteiger partial charge in [-0.05, 0) is 84.7 Å². The van der Waals surface area contributed by atoms with Gasteiger partial charge in [-0.1, -0.05) is 45.4 Å². The van der Waals surface area contributed by atoms with E-state index in [1.165, 1.54) is 6.07 Å². The summed E-state index contributed by atoms with van der Waals surface area (Å²) in [5.74, 6) is -0.157. The van der Waals surface area contributed by atoms with Gasteiger partial charge in [0.15, 0.2) is 0 Å². The van der Waals surface area contributed by atoms with Crippen LogP contribution in [0, 0.1) is 17.3 Å². The molecule has 2 aliphatic rings. The third kappa shape index (κ3) is 5.51. The lowest BCUT2D eigenvalue weighted by atomic mass is 9.57. The van der Waals surface area contributed by atoms with E-state index >= 15 is 0 Å². The van der Waals surface area contributed by atoms with Gasteiger partial charge in [-0.15, -0.1) is 0 Å². The molecule has 4 nitrogen and oxygen atoms in total. The van der Waals surface area contributed by atoms with E-state index in [0.29, 0.717) is 11.3 Å². The zero-order chi connectivity index (χ0) is 26.3. The zero-order valence-electron chi connectivity index (χ0n) is 21.6. The number of halogens is 3. The first-order valence-electron chi connectivity index (χ1n) is 13.2. The molecule has 198 valence electrons. The van der Waals surface area contributed by atoms with Gasteiger partial charge in [0, 0.05) is 18.5 Å². The number of carboxylic acid groups (broad SMARTS) is 1. The van der Waals surface area contributed by atoms with Gasteiger partial charge in [0.25, 0.3) is 0 Å². The Hall–Kier alpha value is -2.28. The molecule has 2 aromatic rings. The summed E-state index contributed by atoms with van der Waals surface area (Å²) in [5, 5.41) is 13.4. The van der Waals surface area contributed by atoms with Crippen LogP contribution < -0.4 is 10.1 Å². The lowest BCUT2D eigenvalue weighted by Gasteiger charge is -2.53. The highest BCUT2D eigenvalue weighted by Gasteiger charge is 2.49. The highest BCUT2D eigenvalue weighted by Crippen LogP contribution is 2.49. The van der Waals surface area contributed by atoms with Crippen LogP contribution >= 0.6 is 0 Å². The number of hydrogen-bond donors (Lipinski definition) is 2. The fourth-order valence-electron chi connectivity index (χ4n) is 6.07. The van der Waals surface area contributed by atoms with Gasteiger partial charge in [-0.3, -0.25) is 4.79 Å². The molecule has 0 amide bonds. The lowest BCUT2D eigenvalue weighted by Crippen LogP contribution is -2.57. The molecule has 3 atom stereocenters. The number of carboxylic acids is 1. The van der Waals surface area contributed by atoms with Crippen LogP contribution in [-0.4, -0.2) is 23.2 Å². The normalized spacial score (nSPS) is 26.9. The molecule has 0 spiro atoms. The van der Waals surface area contributed by atoms with E-state index < -0.39 is 17.7 Å². The molecule has 36 heavy (non-hydrogen) atoms. The third-order valence-corrected chi connectivity index (χ3v) is 8.80. The summed E-state index contributed by atoms with van der Waals surface area (Å²) in [7, 11) is 0. The Bertz CT molecular complexity index is 1090. The van der Waals surface area contributed by atoms with Crippen LogP contribution in [0.4, 0.5) is 13.2 Å². The van der Waals surface area contributed by atoms with Gasteiger partial charge in [0.05, 0.1) is 6.10 Å². The lowest BCUT2D eigenvalue weighted by molar-refractivity contribution is -0.142. The maximum absolute atomic E-state index is 14.4. The quantitative estimate of drug-likeness (QED) is 0.385. The number of aliphatic carboxylic acids is 1. The smallest absolute Gasteiger partial charge is 0.420 e. The second-order valence-electron chi connectivity index (χ2n) is 11.4. The Kier molecular flexibility index (Phi) is 7.61.